The average molecular weight is 471 g/mol. The van der Waals surface area contributed by atoms with Gasteiger partial charge in [0.05, 0.1) is 25.8 Å². The van der Waals surface area contributed by atoms with Gasteiger partial charge >= 0.3 is 5.97 Å². The molecule has 0 fully saturated rings. The lowest BCUT2D eigenvalue weighted by atomic mass is 10.1. The van der Waals surface area contributed by atoms with E-state index in [1.807, 2.05) is 91.0 Å². The van der Waals surface area contributed by atoms with Crippen LogP contribution in [0.5, 0.6) is 5.75 Å². The molecule has 0 atom stereocenters. The molecule has 0 amide bonds. The molecule has 4 aromatic rings. The fourth-order valence-corrected chi connectivity index (χ4v) is 3.26. The van der Waals surface area contributed by atoms with Crippen LogP contribution >= 0.6 is 0 Å². The summed E-state index contributed by atoms with van der Waals surface area (Å²) in [6, 6.07) is 28.9. The topological polar surface area (TPSA) is 82.8 Å². The van der Waals surface area contributed by atoms with Gasteiger partial charge in [0.25, 0.3) is 0 Å². The number of hydrogen-bond acceptors (Lipinski definition) is 7. The summed E-state index contributed by atoms with van der Waals surface area (Å²) < 4.78 is 16.0. The van der Waals surface area contributed by atoms with Crippen molar-refractivity contribution >= 4 is 11.7 Å². The molecule has 3 aromatic carbocycles. The van der Waals surface area contributed by atoms with Crippen molar-refractivity contribution in [3.8, 4) is 17.1 Å². The van der Waals surface area contributed by atoms with Gasteiger partial charge in [-0.15, -0.1) is 0 Å². The Hall–Kier alpha value is -4.36. The first-order valence-corrected chi connectivity index (χ1v) is 11.1. The minimum Gasteiger partial charge on any atom is -0.487 e. The van der Waals surface area contributed by atoms with Crippen LogP contribution in [0.15, 0.2) is 102 Å². The maximum atomic E-state index is 11.5. The summed E-state index contributed by atoms with van der Waals surface area (Å²) >= 11 is 0. The van der Waals surface area contributed by atoms with Gasteiger partial charge in [-0.3, -0.25) is 15.1 Å². The molecule has 0 saturated carbocycles. The number of nitrogens with zero attached hydrogens (tertiary/aromatic N) is 1. The second-order valence-electron chi connectivity index (χ2n) is 7.64. The van der Waals surface area contributed by atoms with Crippen LogP contribution in [-0.2, 0) is 27.6 Å². The monoisotopic (exact) mass is 470 g/mol. The molecule has 7 nitrogen and oxygen atoms in total. The highest BCUT2D eigenvalue weighted by atomic mass is 16.6. The van der Waals surface area contributed by atoms with E-state index in [-0.39, 0.29) is 12.4 Å². The van der Waals surface area contributed by atoms with Crippen molar-refractivity contribution in [1.29, 1.82) is 0 Å². The van der Waals surface area contributed by atoms with Crippen molar-refractivity contribution in [2.45, 2.75) is 19.6 Å². The zero-order valence-electron chi connectivity index (χ0n) is 19.3. The number of carbonyl (C=O) groups excluding carboxylic acids is 1. The Balaban J connectivity index is 1.28. The maximum absolute atomic E-state index is 11.5. The van der Waals surface area contributed by atoms with E-state index in [2.05, 4.69) is 10.6 Å². The third kappa shape index (κ3) is 7.06. The van der Waals surface area contributed by atoms with Crippen LogP contribution in [0.2, 0.25) is 0 Å². The van der Waals surface area contributed by atoms with E-state index in [9.17, 15) is 4.79 Å². The highest BCUT2D eigenvalue weighted by molar-refractivity contribution is 5.74. The van der Waals surface area contributed by atoms with E-state index in [1.54, 1.807) is 6.08 Å². The number of esters is 1. The molecule has 1 N–H and O–H groups in total. The van der Waals surface area contributed by atoms with Crippen LogP contribution < -0.4 is 10.2 Å². The van der Waals surface area contributed by atoms with Crippen LogP contribution in [0.4, 0.5) is 0 Å². The standard InChI is InChI=1S/C28H26N2O5/c1-32-28(31)17-16-26(22-8-4-2-5-9-22)30-34-19-21-12-14-25(15-13-21)33-20-24-18-27(35-29-24)23-10-6-3-7-11-23/h2-16,18,30H,17,19-20H2,1H3. The van der Waals surface area contributed by atoms with E-state index >= 15 is 0 Å². The van der Waals surface area contributed by atoms with E-state index in [0.717, 1.165) is 16.7 Å². The normalized spacial score (nSPS) is 11.2. The fraction of sp³-hybridized carbons (Fsp3) is 0.143. The minimum absolute atomic E-state index is 0.140. The van der Waals surface area contributed by atoms with Gasteiger partial charge in [-0.1, -0.05) is 78.0 Å². The van der Waals surface area contributed by atoms with Crippen molar-refractivity contribution in [2.75, 3.05) is 7.11 Å². The molecule has 0 aliphatic carbocycles. The van der Waals surface area contributed by atoms with Crippen LogP contribution in [0.25, 0.3) is 17.0 Å². The largest absolute Gasteiger partial charge is 0.487 e. The van der Waals surface area contributed by atoms with Crippen molar-refractivity contribution in [2.24, 2.45) is 0 Å². The molecule has 178 valence electrons. The first-order chi connectivity index (χ1) is 17.2. The number of rotatable bonds is 11. The van der Waals surface area contributed by atoms with Crippen LogP contribution in [0.3, 0.4) is 0 Å². The second kappa shape index (κ2) is 12.2. The van der Waals surface area contributed by atoms with Gasteiger partial charge in [0.2, 0.25) is 0 Å². The Morgan fingerprint density at radius 3 is 2.37 bits per heavy atom. The molecular formula is C28H26N2O5. The molecule has 1 heterocycles. The highest BCUT2D eigenvalue weighted by Crippen LogP contribution is 2.21. The van der Waals surface area contributed by atoms with E-state index in [0.29, 0.717) is 36.1 Å². The molecule has 35 heavy (non-hydrogen) atoms. The third-order valence-electron chi connectivity index (χ3n) is 5.13. The van der Waals surface area contributed by atoms with Crippen LogP contribution in [-0.4, -0.2) is 18.2 Å². The lowest BCUT2D eigenvalue weighted by Crippen LogP contribution is -2.14. The van der Waals surface area contributed by atoms with Crippen molar-refractivity contribution in [1.82, 2.24) is 10.6 Å². The number of nitrogens with one attached hydrogen (secondary N) is 1. The number of benzene rings is 3. The smallest absolute Gasteiger partial charge is 0.309 e. The Morgan fingerprint density at radius 2 is 1.66 bits per heavy atom. The number of ether oxygens (including phenoxy) is 2. The van der Waals surface area contributed by atoms with Crippen molar-refractivity contribution in [3.05, 3.63) is 114 Å². The Morgan fingerprint density at radius 1 is 0.943 bits per heavy atom. The Bertz CT molecular complexity index is 1240. The zero-order chi connectivity index (χ0) is 24.3. The zero-order valence-corrected chi connectivity index (χ0v) is 19.3. The lowest BCUT2D eigenvalue weighted by molar-refractivity contribution is -0.139. The summed E-state index contributed by atoms with van der Waals surface area (Å²) in [6.45, 7) is 0.631. The molecule has 7 heteroatoms. The van der Waals surface area contributed by atoms with E-state index in [1.165, 1.54) is 7.11 Å². The summed E-state index contributed by atoms with van der Waals surface area (Å²) in [5.74, 6) is 1.10. The first-order valence-electron chi connectivity index (χ1n) is 11.1. The van der Waals surface area contributed by atoms with Gasteiger partial charge in [0, 0.05) is 11.6 Å². The summed E-state index contributed by atoms with van der Waals surface area (Å²) in [5.41, 5.74) is 7.19. The highest BCUT2D eigenvalue weighted by Gasteiger charge is 2.08. The summed E-state index contributed by atoms with van der Waals surface area (Å²) in [7, 11) is 1.36. The number of aromatic nitrogens is 1. The Kier molecular flexibility index (Phi) is 8.29. The molecule has 0 radical (unpaired) electrons. The summed E-state index contributed by atoms with van der Waals surface area (Å²) in [4.78, 5) is 17.2. The van der Waals surface area contributed by atoms with E-state index < -0.39 is 0 Å². The van der Waals surface area contributed by atoms with Gasteiger partial charge in [0.1, 0.15) is 18.1 Å². The molecule has 0 saturated heterocycles. The van der Waals surface area contributed by atoms with Crippen LogP contribution in [0.1, 0.15) is 23.2 Å². The van der Waals surface area contributed by atoms with Gasteiger partial charge in [-0.05, 0) is 29.3 Å². The molecule has 0 aliphatic rings. The predicted molar refractivity (Wildman–Crippen MR) is 132 cm³/mol. The minimum atomic E-state index is -0.322. The van der Waals surface area contributed by atoms with Gasteiger partial charge < -0.3 is 14.0 Å². The number of hydrogen-bond donors (Lipinski definition) is 1. The molecule has 0 spiro atoms. The number of methoxy groups -OCH3 is 1. The fourth-order valence-electron chi connectivity index (χ4n) is 3.26. The van der Waals surface area contributed by atoms with Gasteiger partial charge in [0.15, 0.2) is 5.76 Å². The summed E-state index contributed by atoms with van der Waals surface area (Å²) in [6.07, 6.45) is 1.88. The van der Waals surface area contributed by atoms with Gasteiger partial charge in [-0.2, -0.15) is 0 Å². The van der Waals surface area contributed by atoms with Crippen molar-refractivity contribution < 1.29 is 23.6 Å². The molecule has 0 aliphatic heterocycles. The third-order valence-corrected chi connectivity index (χ3v) is 5.13. The molecule has 0 bridgehead atoms. The van der Waals surface area contributed by atoms with E-state index in [4.69, 9.17) is 18.8 Å². The Labute approximate surface area is 203 Å². The number of hydroxylamine groups is 1. The first kappa shape index (κ1) is 23.8. The van der Waals surface area contributed by atoms with Gasteiger partial charge in [-0.25, -0.2) is 0 Å². The average Bonchev–Trinajstić information content (AvgIpc) is 3.40. The van der Waals surface area contributed by atoms with Crippen molar-refractivity contribution in [3.63, 3.8) is 0 Å². The molecular weight excluding hydrogens is 444 g/mol. The second-order valence-corrected chi connectivity index (χ2v) is 7.64. The molecule has 4 rings (SSSR count). The van der Waals surface area contributed by atoms with Crippen LogP contribution in [0, 0.1) is 0 Å². The number of carbonyl (C=O) groups is 1. The predicted octanol–water partition coefficient (Wildman–Crippen LogP) is 5.55. The summed E-state index contributed by atoms with van der Waals surface area (Å²) in [5, 5.41) is 4.08. The maximum Gasteiger partial charge on any atom is 0.309 e. The molecule has 1 aromatic heterocycles. The lowest BCUT2D eigenvalue weighted by Gasteiger charge is -2.12. The quantitative estimate of drug-likeness (QED) is 0.227. The molecule has 0 unspecified atom stereocenters. The SMILES string of the molecule is COC(=O)CC=C(NOCc1ccc(OCc2cc(-c3ccccc3)on2)cc1)c1ccccc1.